The third kappa shape index (κ3) is 3.49. The van der Waals surface area contributed by atoms with Gasteiger partial charge in [0.15, 0.2) is 17.0 Å². The average Bonchev–Trinajstić information content (AvgIpc) is 3.10. The van der Waals surface area contributed by atoms with Crippen molar-refractivity contribution in [2.75, 3.05) is 6.54 Å². The van der Waals surface area contributed by atoms with Crippen LogP contribution >= 0.6 is 0 Å². The SMILES string of the molecule is CC[C@@H]1CCCC[NH+]1Cc1nc2c(c(=O)n(C)c(=O)n2C)n1Cc1ccccc1F. The van der Waals surface area contributed by atoms with Gasteiger partial charge in [0.1, 0.15) is 12.4 Å². The van der Waals surface area contributed by atoms with Crippen molar-refractivity contribution in [1.82, 2.24) is 18.7 Å². The number of hydrogen-bond acceptors (Lipinski definition) is 3. The van der Waals surface area contributed by atoms with Crippen LogP contribution in [0.3, 0.4) is 0 Å². The number of benzene rings is 1. The van der Waals surface area contributed by atoms with Gasteiger partial charge in [-0.2, -0.15) is 0 Å². The summed E-state index contributed by atoms with van der Waals surface area (Å²) in [5.74, 6) is 0.408. The molecule has 160 valence electrons. The molecule has 1 unspecified atom stereocenters. The van der Waals surface area contributed by atoms with E-state index >= 15 is 0 Å². The molecule has 1 fully saturated rings. The lowest BCUT2D eigenvalue weighted by Crippen LogP contribution is -3.15. The van der Waals surface area contributed by atoms with Gasteiger partial charge < -0.3 is 9.47 Å². The second-order valence-corrected chi connectivity index (χ2v) is 8.27. The van der Waals surface area contributed by atoms with Crippen LogP contribution < -0.4 is 16.1 Å². The van der Waals surface area contributed by atoms with Crippen molar-refractivity contribution in [2.45, 2.75) is 51.7 Å². The molecule has 8 heteroatoms. The molecule has 1 aliphatic heterocycles. The Morgan fingerprint density at radius 3 is 2.67 bits per heavy atom. The third-order valence-corrected chi connectivity index (χ3v) is 6.47. The zero-order valence-corrected chi connectivity index (χ0v) is 17.8. The summed E-state index contributed by atoms with van der Waals surface area (Å²) in [5, 5.41) is 0. The predicted octanol–water partition coefficient (Wildman–Crippen LogP) is 0.969. The normalized spacial score (nSPS) is 19.5. The lowest BCUT2D eigenvalue weighted by Gasteiger charge is -2.31. The van der Waals surface area contributed by atoms with Gasteiger partial charge in [-0.05, 0) is 31.7 Å². The third-order valence-electron chi connectivity index (χ3n) is 6.47. The smallest absolute Gasteiger partial charge is 0.326 e. The van der Waals surface area contributed by atoms with Gasteiger partial charge in [-0.3, -0.25) is 13.9 Å². The number of hydrogen-bond donors (Lipinski definition) is 1. The predicted molar refractivity (Wildman–Crippen MR) is 113 cm³/mol. The van der Waals surface area contributed by atoms with Crippen LogP contribution in [-0.4, -0.2) is 31.3 Å². The van der Waals surface area contributed by atoms with Gasteiger partial charge in [-0.1, -0.05) is 25.1 Å². The lowest BCUT2D eigenvalue weighted by molar-refractivity contribution is -0.944. The van der Waals surface area contributed by atoms with Crippen molar-refractivity contribution >= 4 is 11.2 Å². The Bertz CT molecular complexity index is 1190. The van der Waals surface area contributed by atoms with Crippen molar-refractivity contribution in [3.63, 3.8) is 0 Å². The molecule has 1 saturated heterocycles. The van der Waals surface area contributed by atoms with E-state index in [2.05, 4.69) is 6.92 Å². The van der Waals surface area contributed by atoms with Crippen molar-refractivity contribution in [3.8, 4) is 0 Å². The van der Waals surface area contributed by atoms with E-state index in [9.17, 15) is 14.0 Å². The van der Waals surface area contributed by atoms with Crippen LogP contribution in [0.2, 0.25) is 0 Å². The molecule has 0 spiro atoms. The molecule has 4 rings (SSSR count). The van der Waals surface area contributed by atoms with Crippen LogP contribution in [0, 0.1) is 5.82 Å². The number of piperidine rings is 1. The number of likely N-dealkylation sites (tertiary alicyclic amines) is 1. The fourth-order valence-electron chi connectivity index (χ4n) is 4.67. The van der Waals surface area contributed by atoms with E-state index in [1.54, 1.807) is 25.2 Å². The summed E-state index contributed by atoms with van der Waals surface area (Å²) >= 11 is 0. The highest BCUT2D eigenvalue weighted by molar-refractivity contribution is 5.71. The number of nitrogens with zero attached hydrogens (tertiary/aromatic N) is 4. The molecule has 0 aliphatic carbocycles. The second-order valence-electron chi connectivity index (χ2n) is 8.27. The largest absolute Gasteiger partial charge is 0.332 e. The van der Waals surface area contributed by atoms with Gasteiger partial charge in [0, 0.05) is 19.7 Å². The van der Waals surface area contributed by atoms with Crippen LogP contribution in [0.15, 0.2) is 33.9 Å². The molecule has 30 heavy (non-hydrogen) atoms. The number of quaternary nitrogens is 1. The van der Waals surface area contributed by atoms with Gasteiger partial charge in [-0.25, -0.2) is 14.2 Å². The maximum atomic E-state index is 14.4. The lowest BCUT2D eigenvalue weighted by atomic mass is 10.00. The summed E-state index contributed by atoms with van der Waals surface area (Å²) in [6.45, 7) is 4.12. The number of halogens is 1. The van der Waals surface area contributed by atoms with Gasteiger partial charge in [0.25, 0.3) is 5.56 Å². The molecule has 1 N–H and O–H groups in total. The summed E-state index contributed by atoms with van der Waals surface area (Å²) in [4.78, 5) is 31.6. The molecular weight excluding hydrogens is 385 g/mol. The fraction of sp³-hybridized carbons (Fsp3) is 0.500. The summed E-state index contributed by atoms with van der Waals surface area (Å²) < 4.78 is 18.7. The van der Waals surface area contributed by atoms with Crippen LogP contribution in [0.4, 0.5) is 4.39 Å². The Kier molecular flexibility index (Phi) is 5.60. The first-order valence-corrected chi connectivity index (χ1v) is 10.7. The molecular formula is C22H29FN5O2+. The van der Waals surface area contributed by atoms with E-state index in [0.717, 1.165) is 23.4 Å². The van der Waals surface area contributed by atoms with Crippen molar-refractivity contribution in [1.29, 1.82) is 0 Å². The fourth-order valence-corrected chi connectivity index (χ4v) is 4.67. The van der Waals surface area contributed by atoms with Gasteiger partial charge >= 0.3 is 5.69 Å². The van der Waals surface area contributed by atoms with Crippen LogP contribution in [0.5, 0.6) is 0 Å². The Labute approximate surface area is 174 Å². The van der Waals surface area contributed by atoms with E-state index in [-0.39, 0.29) is 12.4 Å². The molecule has 1 aliphatic rings. The Balaban J connectivity index is 1.89. The minimum atomic E-state index is -0.411. The van der Waals surface area contributed by atoms with E-state index in [1.165, 1.54) is 41.8 Å². The summed E-state index contributed by atoms with van der Waals surface area (Å²) in [7, 11) is 3.09. The first-order valence-electron chi connectivity index (χ1n) is 10.7. The maximum Gasteiger partial charge on any atom is 0.332 e. The molecule has 2 aromatic heterocycles. The standard InChI is InChI=1S/C22H28FN5O2/c1-4-16-10-7-8-12-27(16)14-18-24-20-19(21(29)26(3)22(30)25(20)2)28(18)13-15-9-5-6-11-17(15)23/h5-6,9,11,16H,4,7-8,10,12-14H2,1-3H3/p+1/t16-/m1/s1. The van der Waals surface area contributed by atoms with Gasteiger partial charge in [0.2, 0.25) is 0 Å². The van der Waals surface area contributed by atoms with E-state index < -0.39 is 11.2 Å². The second kappa shape index (κ2) is 8.18. The number of nitrogens with one attached hydrogen (secondary N) is 1. The highest BCUT2D eigenvalue weighted by Crippen LogP contribution is 2.16. The van der Waals surface area contributed by atoms with Crippen LogP contribution in [0.25, 0.3) is 11.2 Å². The van der Waals surface area contributed by atoms with Gasteiger partial charge in [0.05, 0.1) is 19.1 Å². The Morgan fingerprint density at radius 1 is 1.17 bits per heavy atom. The average molecular weight is 415 g/mol. The summed E-state index contributed by atoms with van der Waals surface area (Å²) in [6.07, 6.45) is 4.67. The molecule has 0 saturated carbocycles. The highest BCUT2D eigenvalue weighted by Gasteiger charge is 2.28. The van der Waals surface area contributed by atoms with Crippen molar-refractivity contribution in [3.05, 3.63) is 62.3 Å². The van der Waals surface area contributed by atoms with Gasteiger partial charge in [-0.15, -0.1) is 0 Å². The quantitative estimate of drug-likeness (QED) is 0.677. The zero-order valence-electron chi connectivity index (χ0n) is 17.8. The first-order chi connectivity index (χ1) is 14.4. The van der Waals surface area contributed by atoms with Crippen LogP contribution in [0.1, 0.15) is 44.0 Å². The van der Waals surface area contributed by atoms with E-state index in [1.807, 2.05) is 4.57 Å². The van der Waals surface area contributed by atoms with E-state index in [4.69, 9.17) is 4.98 Å². The number of fused-ring (bicyclic) bond motifs is 1. The number of imidazole rings is 1. The Hall–Kier alpha value is -2.74. The molecule has 3 aromatic rings. The molecule has 0 bridgehead atoms. The first kappa shape index (κ1) is 20.5. The molecule has 7 nitrogen and oxygen atoms in total. The minimum Gasteiger partial charge on any atom is -0.326 e. The molecule has 2 atom stereocenters. The highest BCUT2D eigenvalue weighted by atomic mass is 19.1. The Morgan fingerprint density at radius 2 is 1.93 bits per heavy atom. The van der Waals surface area contributed by atoms with E-state index in [0.29, 0.717) is 29.3 Å². The van der Waals surface area contributed by atoms with Crippen molar-refractivity contribution < 1.29 is 9.29 Å². The number of aromatic nitrogens is 4. The minimum absolute atomic E-state index is 0.204. The molecule has 1 aromatic carbocycles. The topological polar surface area (TPSA) is 66.3 Å². The summed E-state index contributed by atoms with van der Waals surface area (Å²) in [6, 6.07) is 7.13. The monoisotopic (exact) mass is 414 g/mol. The molecule has 0 amide bonds. The molecule has 3 heterocycles. The summed E-state index contributed by atoms with van der Waals surface area (Å²) in [5.41, 5.74) is 0.395. The maximum absolute atomic E-state index is 14.4. The van der Waals surface area contributed by atoms with Crippen LogP contribution in [-0.2, 0) is 27.2 Å². The zero-order chi connectivity index (χ0) is 21.4. The number of aryl methyl sites for hydroxylation is 1. The molecule has 0 radical (unpaired) electrons. The van der Waals surface area contributed by atoms with Crippen molar-refractivity contribution in [2.24, 2.45) is 14.1 Å². The number of rotatable bonds is 5.